The number of aromatic nitrogens is 1. The van der Waals surface area contributed by atoms with Crippen molar-refractivity contribution in [1.82, 2.24) is 4.98 Å². The molecular weight excluding hydrogens is 234 g/mol. The molecule has 0 bridgehead atoms. The molecule has 0 aliphatic heterocycles. The number of rotatable bonds is 4. The van der Waals surface area contributed by atoms with E-state index in [1.807, 2.05) is 0 Å². The molecule has 0 aliphatic rings. The summed E-state index contributed by atoms with van der Waals surface area (Å²) < 4.78 is 29.1. The van der Waals surface area contributed by atoms with Crippen molar-refractivity contribution in [2.75, 3.05) is 7.11 Å². The van der Waals surface area contributed by atoms with Gasteiger partial charge in [-0.25, -0.2) is 8.78 Å². The fourth-order valence-corrected chi connectivity index (χ4v) is 1.99. The van der Waals surface area contributed by atoms with E-state index in [0.717, 1.165) is 11.3 Å². The van der Waals surface area contributed by atoms with E-state index >= 15 is 0 Å². The Bertz CT molecular complexity index is 308. The van der Waals surface area contributed by atoms with Gasteiger partial charge in [0.15, 0.2) is 0 Å². The van der Waals surface area contributed by atoms with E-state index in [1.165, 1.54) is 7.11 Å². The molecular formula is C7H9ClF2N2OS. The topological polar surface area (TPSA) is 48.1 Å². The van der Waals surface area contributed by atoms with Crippen LogP contribution in [0.15, 0.2) is 0 Å². The Kier molecular flexibility index (Phi) is 4.03. The van der Waals surface area contributed by atoms with E-state index in [-0.39, 0.29) is 11.6 Å². The molecule has 1 aromatic rings. The summed E-state index contributed by atoms with van der Waals surface area (Å²) in [5, 5.41) is 0.536. The normalized spacial score (nSPS) is 13.3. The zero-order valence-electron chi connectivity index (χ0n) is 7.34. The van der Waals surface area contributed by atoms with Gasteiger partial charge in [-0.3, -0.25) is 0 Å². The summed E-state index contributed by atoms with van der Waals surface area (Å²) in [6.45, 7) is 0. The fourth-order valence-electron chi connectivity index (χ4n) is 0.829. The molecule has 1 rings (SSSR count). The SMILES string of the molecule is COc1nc(Cl)c(CC(N)C(F)F)s1. The van der Waals surface area contributed by atoms with E-state index in [4.69, 9.17) is 22.1 Å². The number of hydrogen-bond donors (Lipinski definition) is 1. The molecule has 0 saturated heterocycles. The predicted octanol–water partition coefficient (Wildman–Crippen LogP) is 1.94. The Labute approximate surface area is 88.8 Å². The highest BCUT2D eigenvalue weighted by atomic mass is 35.5. The third kappa shape index (κ3) is 2.76. The Morgan fingerprint density at radius 1 is 1.64 bits per heavy atom. The molecule has 1 unspecified atom stereocenters. The molecule has 0 amide bonds. The maximum absolute atomic E-state index is 12.1. The molecule has 0 radical (unpaired) electrons. The largest absolute Gasteiger partial charge is 0.473 e. The van der Waals surface area contributed by atoms with Crippen molar-refractivity contribution >= 4 is 22.9 Å². The molecule has 0 aliphatic carbocycles. The van der Waals surface area contributed by atoms with Crippen molar-refractivity contribution in [2.45, 2.75) is 18.9 Å². The summed E-state index contributed by atoms with van der Waals surface area (Å²) in [5.41, 5.74) is 5.20. The summed E-state index contributed by atoms with van der Waals surface area (Å²) >= 11 is 6.82. The number of halogens is 3. The molecule has 0 spiro atoms. The molecule has 0 saturated carbocycles. The van der Waals surface area contributed by atoms with Crippen LogP contribution in [0, 0.1) is 0 Å². The Hall–Kier alpha value is -0.460. The van der Waals surface area contributed by atoms with Gasteiger partial charge in [-0.1, -0.05) is 22.9 Å². The molecule has 1 aromatic heterocycles. The number of alkyl halides is 2. The number of thiazole rings is 1. The minimum Gasteiger partial charge on any atom is -0.473 e. The van der Waals surface area contributed by atoms with Crippen LogP contribution in [0.25, 0.3) is 0 Å². The number of hydrogen-bond acceptors (Lipinski definition) is 4. The lowest BCUT2D eigenvalue weighted by molar-refractivity contribution is 0.116. The maximum atomic E-state index is 12.1. The average Bonchev–Trinajstić information content (AvgIpc) is 2.47. The second kappa shape index (κ2) is 4.86. The molecule has 7 heteroatoms. The number of methoxy groups -OCH3 is 1. The van der Waals surface area contributed by atoms with Crippen molar-refractivity contribution in [1.29, 1.82) is 0 Å². The van der Waals surface area contributed by atoms with Gasteiger partial charge in [0.2, 0.25) is 0 Å². The molecule has 3 nitrogen and oxygen atoms in total. The fraction of sp³-hybridized carbons (Fsp3) is 0.571. The Morgan fingerprint density at radius 3 is 2.71 bits per heavy atom. The van der Waals surface area contributed by atoms with E-state index in [9.17, 15) is 8.78 Å². The first-order valence-electron chi connectivity index (χ1n) is 3.77. The van der Waals surface area contributed by atoms with Crippen molar-refractivity contribution < 1.29 is 13.5 Å². The van der Waals surface area contributed by atoms with Crippen LogP contribution < -0.4 is 10.5 Å². The molecule has 0 fully saturated rings. The standard InChI is InChI=1S/C7H9ClF2N2OS/c1-13-7-12-5(8)4(14-7)2-3(11)6(9)10/h3,6H,2,11H2,1H3. The smallest absolute Gasteiger partial charge is 0.274 e. The second-order valence-electron chi connectivity index (χ2n) is 2.60. The summed E-state index contributed by atoms with van der Waals surface area (Å²) in [6.07, 6.45) is -2.54. The van der Waals surface area contributed by atoms with Crippen molar-refractivity contribution in [3.8, 4) is 5.19 Å². The number of ether oxygens (including phenoxy) is 1. The minimum atomic E-state index is -2.56. The Morgan fingerprint density at radius 2 is 2.29 bits per heavy atom. The highest BCUT2D eigenvalue weighted by Gasteiger charge is 2.19. The summed E-state index contributed by atoms with van der Waals surface area (Å²) in [6, 6.07) is -1.21. The summed E-state index contributed by atoms with van der Waals surface area (Å²) in [4.78, 5) is 4.33. The third-order valence-corrected chi connectivity index (χ3v) is 3.01. The van der Waals surface area contributed by atoms with E-state index < -0.39 is 12.5 Å². The van der Waals surface area contributed by atoms with Gasteiger partial charge in [0.25, 0.3) is 11.6 Å². The van der Waals surface area contributed by atoms with Crippen LogP contribution >= 0.6 is 22.9 Å². The van der Waals surface area contributed by atoms with Gasteiger partial charge in [0.05, 0.1) is 13.2 Å². The quantitative estimate of drug-likeness (QED) is 0.878. The van der Waals surface area contributed by atoms with E-state index in [0.29, 0.717) is 10.1 Å². The van der Waals surface area contributed by atoms with Crippen LogP contribution in [-0.2, 0) is 6.42 Å². The van der Waals surface area contributed by atoms with Gasteiger partial charge in [0, 0.05) is 11.3 Å². The molecule has 1 atom stereocenters. The first kappa shape index (κ1) is 11.6. The lowest BCUT2D eigenvalue weighted by Gasteiger charge is -2.07. The summed E-state index contributed by atoms with van der Waals surface area (Å²) in [7, 11) is 1.44. The molecule has 80 valence electrons. The van der Waals surface area contributed by atoms with Crippen LogP contribution in [-0.4, -0.2) is 24.6 Å². The van der Waals surface area contributed by atoms with Crippen LogP contribution in [0.5, 0.6) is 5.19 Å². The third-order valence-electron chi connectivity index (χ3n) is 1.55. The maximum Gasteiger partial charge on any atom is 0.274 e. The van der Waals surface area contributed by atoms with Crippen LogP contribution in [0.1, 0.15) is 4.88 Å². The number of nitrogens with zero attached hydrogens (tertiary/aromatic N) is 1. The Balaban J connectivity index is 2.71. The number of nitrogens with two attached hydrogens (primary N) is 1. The summed E-state index contributed by atoms with van der Waals surface area (Å²) in [5.74, 6) is 0. The van der Waals surface area contributed by atoms with Gasteiger partial charge >= 0.3 is 0 Å². The molecule has 0 aromatic carbocycles. The average molecular weight is 243 g/mol. The van der Waals surface area contributed by atoms with Gasteiger partial charge in [-0.05, 0) is 0 Å². The predicted molar refractivity (Wildman–Crippen MR) is 51.4 cm³/mol. The van der Waals surface area contributed by atoms with Crippen molar-refractivity contribution in [3.63, 3.8) is 0 Å². The van der Waals surface area contributed by atoms with Gasteiger partial charge in [0.1, 0.15) is 5.15 Å². The van der Waals surface area contributed by atoms with Gasteiger partial charge in [-0.2, -0.15) is 4.98 Å². The highest BCUT2D eigenvalue weighted by Crippen LogP contribution is 2.29. The van der Waals surface area contributed by atoms with Gasteiger partial charge < -0.3 is 10.5 Å². The first-order chi connectivity index (χ1) is 6.54. The van der Waals surface area contributed by atoms with Crippen LogP contribution in [0.4, 0.5) is 8.78 Å². The first-order valence-corrected chi connectivity index (χ1v) is 4.97. The molecule has 14 heavy (non-hydrogen) atoms. The van der Waals surface area contributed by atoms with Crippen molar-refractivity contribution in [3.05, 3.63) is 10.0 Å². The molecule has 2 N–H and O–H groups in total. The minimum absolute atomic E-state index is 0.0114. The van der Waals surface area contributed by atoms with E-state index in [2.05, 4.69) is 4.98 Å². The lowest BCUT2D eigenvalue weighted by atomic mass is 10.2. The zero-order valence-corrected chi connectivity index (χ0v) is 8.91. The lowest BCUT2D eigenvalue weighted by Crippen LogP contribution is -2.30. The molecule has 1 heterocycles. The second-order valence-corrected chi connectivity index (χ2v) is 4.00. The van der Waals surface area contributed by atoms with Crippen LogP contribution in [0.2, 0.25) is 5.15 Å². The van der Waals surface area contributed by atoms with Crippen molar-refractivity contribution in [2.24, 2.45) is 5.73 Å². The van der Waals surface area contributed by atoms with Crippen LogP contribution in [0.3, 0.4) is 0 Å². The van der Waals surface area contributed by atoms with Gasteiger partial charge in [-0.15, -0.1) is 0 Å². The zero-order chi connectivity index (χ0) is 10.7. The highest BCUT2D eigenvalue weighted by molar-refractivity contribution is 7.13. The van der Waals surface area contributed by atoms with E-state index in [1.54, 1.807) is 0 Å². The monoisotopic (exact) mass is 242 g/mol.